The predicted octanol–water partition coefficient (Wildman–Crippen LogP) is 3.26. The molecular weight excluding hydrogens is 308 g/mol. The lowest BCUT2D eigenvalue weighted by Gasteiger charge is -2.09. The first kappa shape index (κ1) is 16.4. The normalized spacial score (nSPS) is 13.6. The summed E-state index contributed by atoms with van der Waals surface area (Å²) < 4.78 is 16.2. The van der Waals surface area contributed by atoms with Crippen molar-refractivity contribution in [3.05, 3.63) is 41.3 Å². The molecule has 0 fully saturated rings. The Kier molecular flexibility index (Phi) is 5.36. The lowest BCUT2D eigenvalue weighted by molar-refractivity contribution is 0.301. The van der Waals surface area contributed by atoms with Crippen molar-refractivity contribution in [2.75, 3.05) is 19.8 Å². The molecule has 0 radical (unpaired) electrons. The second-order valence-corrected chi connectivity index (χ2v) is 5.81. The van der Waals surface area contributed by atoms with E-state index in [4.69, 9.17) is 14.0 Å². The van der Waals surface area contributed by atoms with Crippen molar-refractivity contribution < 1.29 is 19.1 Å². The third-order valence-corrected chi connectivity index (χ3v) is 3.80. The van der Waals surface area contributed by atoms with Crippen molar-refractivity contribution in [1.82, 2.24) is 5.16 Å². The molecule has 6 heteroatoms. The molecule has 1 N–H and O–H groups in total. The monoisotopic (exact) mass is 330 g/mol. The number of rotatable bonds is 8. The van der Waals surface area contributed by atoms with Crippen LogP contribution in [0.25, 0.3) is 0 Å². The molecule has 0 saturated carbocycles. The van der Waals surface area contributed by atoms with E-state index in [1.54, 1.807) is 12.1 Å². The van der Waals surface area contributed by atoms with Crippen LogP contribution in [0.5, 0.6) is 11.5 Å². The van der Waals surface area contributed by atoms with E-state index < -0.39 is 0 Å². The number of hydrogen-bond donors (Lipinski definition) is 1. The molecule has 1 aliphatic heterocycles. The summed E-state index contributed by atoms with van der Waals surface area (Å²) in [4.78, 5) is 4.20. The molecule has 24 heavy (non-hydrogen) atoms. The summed E-state index contributed by atoms with van der Waals surface area (Å²) in [6.45, 7) is 3.75. The molecule has 0 aliphatic carbocycles. The Morgan fingerprint density at radius 3 is 2.83 bits per heavy atom. The zero-order chi connectivity index (χ0) is 16.8. The van der Waals surface area contributed by atoms with Crippen molar-refractivity contribution in [1.29, 1.82) is 0 Å². The number of ether oxygens (including phenoxy) is 2. The zero-order valence-corrected chi connectivity index (χ0v) is 13.8. The number of aromatic nitrogens is 1. The minimum absolute atomic E-state index is 0.133. The van der Waals surface area contributed by atoms with E-state index in [9.17, 15) is 5.11 Å². The number of phenols is 1. The van der Waals surface area contributed by atoms with Crippen LogP contribution in [0.15, 0.2) is 33.8 Å². The Labute approximate surface area is 141 Å². The molecule has 128 valence electrons. The van der Waals surface area contributed by atoms with Gasteiger partial charge in [-0.25, -0.2) is 4.99 Å². The molecule has 0 saturated heterocycles. The summed E-state index contributed by atoms with van der Waals surface area (Å²) in [5.41, 5.74) is 1.53. The van der Waals surface area contributed by atoms with Gasteiger partial charge >= 0.3 is 0 Å². The highest BCUT2D eigenvalue weighted by Gasteiger charge is 2.15. The minimum atomic E-state index is 0.133. The highest BCUT2D eigenvalue weighted by atomic mass is 16.5. The van der Waals surface area contributed by atoms with Gasteiger partial charge in [-0.05, 0) is 38.3 Å². The van der Waals surface area contributed by atoms with Crippen LogP contribution in [-0.4, -0.2) is 35.9 Å². The molecule has 1 aromatic heterocycles. The maximum atomic E-state index is 10.1. The third-order valence-electron chi connectivity index (χ3n) is 3.80. The van der Waals surface area contributed by atoms with Gasteiger partial charge in [0.05, 0.1) is 24.4 Å². The molecular formula is C18H22N2O4. The fourth-order valence-electron chi connectivity index (χ4n) is 2.58. The van der Waals surface area contributed by atoms with Gasteiger partial charge in [0, 0.05) is 18.6 Å². The summed E-state index contributed by atoms with van der Waals surface area (Å²) in [6.07, 6.45) is 3.94. The highest BCUT2D eigenvalue weighted by molar-refractivity contribution is 5.97. The Morgan fingerprint density at radius 1 is 1.21 bits per heavy atom. The molecule has 2 heterocycles. The molecule has 1 aromatic carbocycles. The number of nitrogens with zero attached hydrogens (tertiary/aromatic N) is 2. The molecule has 3 rings (SSSR count). The van der Waals surface area contributed by atoms with E-state index >= 15 is 0 Å². The zero-order valence-electron chi connectivity index (χ0n) is 13.8. The van der Waals surface area contributed by atoms with Gasteiger partial charge in [-0.1, -0.05) is 5.16 Å². The Morgan fingerprint density at radius 2 is 2.12 bits per heavy atom. The lowest BCUT2D eigenvalue weighted by atomic mass is 10.1. The SMILES string of the molecule is Cc1cc(CCCCCOc2ccc(C3=NCCO3)c(O)c2)on1. The molecule has 0 spiro atoms. The van der Waals surface area contributed by atoms with E-state index in [1.165, 1.54) is 0 Å². The van der Waals surface area contributed by atoms with Crippen molar-refractivity contribution in [2.24, 2.45) is 4.99 Å². The van der Waals surface area contributed by atoms with Gasteiger partial charge in [0.1, 0.15) is 23.9 Å². The average molecular weight is 330 g/mol. The molecule has 0 atom stereocenters. The van der Waals surface area contributed by atoms with Crippen LogP contribution in [-0.2, 0) is 11.2 Å². The third kappa shape index (κ3) is 4.28. The Balaban J connectivity index is 1.38. The first-order valence-corrected chi connectivity index (χ1v) is 8.28. The fourth-order valence-corrected chi connectivity index (χ4v) is 2.58. The van der Waals surface area contributed by atoms with E-state index in [1.807, 2.05) is 19.1 Å². The van der Waals surface area contributed by atoms with Crippen molar-refractivity contribution in [2.45, 2.75) is 32.6 Å². The standard InChI is InChI=1S/C18H22N2O4/c1-13-11-15(24-20-13)5-3-2-4-9-22-14-6-7-16(17(21)12-14)18-19-8-10-23-18/h6-7,11-12,21H,2-5,8-10H2,1H3. The van der Waals surface area contributed by atoms with Gasteiger partial charge in [-0.2, -0.15) is 0 Å². The topological polar surface area (TPSA) is 77.1 Å². The quantitative estimate of drug-likeness (QED) is 0.752. The van der Waals surface area contributed by atoms with Crippen molar-refractivity contribution in [3.63, 3.8) is 0 Å². The van der Waals surface area contributed by atoms with Gasteiger partial charge < -0.3 is 19.1 Å². The van der Waals surface area contributed by atoms with Crippen LogP contribution in [0, 0.1) is 6.92 Å². The molecule has 0 amide bonds. The molecule has 1 aliphatic rings. The minimum Gasteiger partial charge on any atom is -0.507 e. The van der Waals surface area contributed by atoms with Gasteiger partial charge in [0.2, 0.25) is 5.90 Å². The number of aromatic hydroxyl groups is 1. The Bertz CT molecular complexity index is 709. The number of benzene rings is 1. The van der Waals surface area contributed by atoms with Crippen LogP contribution in [0.3, 0.4) is 0 Å². The van der Waals surface area contributed by atoms with Crippen molar-refractivity contribution in [3.8, 4) is 11.5 Å². The second-order valence-electron chi connectivity index (χ2n) is 5.81. The molecule has 0 bridgehead atoms. The van der Waals surface area contributed by atoms with Crippen LogP contribution < -0.4 is 4.74 Å². The van der Waals surface area contributed by atoms with Gasteiger partial charge in [-0.3, -0.25) is 0 Å². The molecule has 6 nitrogen and oxygen atoms in total. The maximum Gasteiger partial charge on any atom is 0.220 e. The summed E-state index contributed by atoms with van der Waals surface area (Å²) in [5.74, 6) is 2.22. The van der Waals surface area contributed by atoms with Gasteiger partial charge in [-0.15, -0.1) is 0 Å². The van der Waals surface area contributed by atoms with Gasteiger partial charge in [0.25, 0.3) is 0 Å². The summed E-state index contributed by atoms with van der Waals surface area (Å²) >= 11 is 0. The van der Waals surface area contributed by atoms with Crippen LogP contribution >= 0.6 is 0 Å². The molecule has 0 unspecified atom stereocenters. The summed E-state index contributed by atoms with van der Waals surface area (Å²) in [7, 11) is 0. The first-order valence-electron chi connectivity index (χ1n) is 8.28. The number of unbranched alkanes of at least 4 members (excludes halogenated alkanes) is 2. The smallest absolute Gasteiger partial charge is 0.220 e. The first-order chi connectivity index (χ1) is 11.7. The summed E-state index contributed by atoms with van der Waals surface area (Å²) in [6, 6.07) is 7.19. The van der Waals surface area contributed by atoms with Crippen LogP contribution in [0.1, 0.15) is 36.3 Å². The average Bonchev–Trinajstić information content (AvgIpc) is 3.23. The van der Waals surface area contributed by atoms with E-state index in [0.29, 0.717) is 37.0 Å². The number of hydrogen-bond acceptors (Lipinski definition) is 6. The van der Waals surface area contributed by atoms with E-state index in [0.717, 1.165) is 37.1 Å². The van der Waals surface area contributed by atoms with Crippen LogP contribution in [0.4, 0.5) is 0 Å². The Hall–Kier alpha value is -2.50. The maximum absolute atomic E-state index is 10.1. The van der Waals surface area contributed by atoms with E-state index in [2.05, 4.69) is 10.1 Å². The number of aryl methyl sites for hydroxylation is 2. The van der Waals surface area contributed by atoms with E-state index in [-0.39, 0.29) is 5.75 Å². The van der Waals surface area contributed by atoms with Crippen molar-refractivity contribution >= 4 is 5.90 Å². The van der Waals surface area contributed by atoms with Crippen LogP contribution in [0.2, 0.25) is 0 Å². The van der Waals surface area contributed by atoms with Gasteiger partial charge in [0.15, 0.2) is 0 Å². The largest absolute Gasteiger partial charge is 0.507 e. The fraction of sp³-hybridized carbons (Fsp3) is 0.444. The number of aliphatic imine (C=N–C) groups is 1. The highest BCUT2D eigenvalue weighted by Crippen LogP contribution is 2.25. The number of phenolic OH excluding ortho intramolecular Hbond substituents is 1. The second kappa shape index (κ2) is 7.86. The summed E-state index contributed by atoms with van der Waals surface area (Å²) in [5, 5.41) is 13.9. The lowest BCUT2D eigenvalue weighted by Crippen LogP contribution is -2.02. The molecule has 2 aromatic rings. The predicted molar refractivity (Wildman–Crippen MR) is 89.8 cm³/mol.